The van der Waals surface area contributed by atoms with Crippen LogP contribution in [0.15, 0.2) is 24.3 Å². The largest absolute Gasteiger partial charge is 0.494 e. The number of benzene rings is 1. The van der Waals surface area contributed by atoms with Gasteiger partial charge in [-0.05, 0) is 69.2 Å². The number of amides is 3. The lowest BCUT2D eigenvalue weighted by molar-refractivity contribution is -0.150. The van der Waals surface area contributed by atoms with E-state index in [2.05, 4.69) is 17.6 Å². The molecule has 6 atom stereocenters. The number of hydrogen-bond acceptors (Lipinski definition) is 6. The third kappa shape index (κ3) is 5.34. The summed E-state index contributed by atoms with van der Waals surface area (Å²) in [4.78, 5) is 43.7. The summed E-state index contributed by atoms with van der Waals surface area (Å²) in [5.74, 6) is -1.43. The zero-order chi connectivity index (χ0) is 29.1. The highest BCUT2D eigenvalue weighted by molar-refractivity contribution is 6.02. The van der Waals surface area contributed by atoms with Crippen LogP contribution in [0, 0.1) is 17.8 Å². The molecule has 1 spiro atoms. The first-order valence-electron chi connectivity index (χ1n) is 15.1. The summed E-state index contributed by atoms with van der Waals surface area (Å²) < 4.78 is 12.3. The van der Waals surface area contributed by atoms with Crippen molar-refractivity contribution in [3.05, 3.63) is 24.3 Å². The maximum absolute atomic E-state index is 14.3. The number of ether oxygens (including phenoxy) is 2. The van der Waals surface area contributed by atoms with Gasteiger partial charge in [0.15, 0.2) is 0 Å². The van der Waals surface area contributed by atoms with Gasteiger partial charge in [0.1, 0.15) is 17.4 Å². The summed E-state index contributed by atoms with van der Waals surface area (Å²) in [6, 6.07) is 5.74. The molecule has 9 nitrogen and oxygen atoms in total. The first-order valence-corrected chi connectivity index (χ1v) is 15.1. The van der Waals surface area contributed by atoms with Crippen molar-refractivity contribution in [3.8, 4) is 5.75 Å². The van der Waals surface area contributed by atoms with Gasteiger partial charge in [-0.25, -0.2) is 0 Å². The predicted octanol–water partition coefficient (Wildman–Crippen LogP) is 3.89. The van der Waals surface area contributed by atoms with Crippen molar-refractivity contribution in [1.29, 1.82) is 0 Å². The van der Waals surface area contributed by atoms with Crippen molar-refractivity contribution in [3.63, 3.8) is 0 Å². The summed E-state index contributed by atoms with van der Waals surface area (Å²) in [5, 5.41) is 16.5. The van der Waals surface area contributed by atoms with Gasteiger partial charge in [0.05, 0.1) is 36.7 Å². The van der Waals surface area contributed by atoms with Gasteiger partial charge in [-0.2, -0.15) is 0 Å². The van der Waals surface area contributed by atoms with E-state index < -0.39 is 35.1 Å². The summed E-state index contributed by atoms with van der Waals surface area (Å²) in [7, 11) is 0. The minimum atomic E-state index is -1.10. The zero-order valence-corrected chi connectivity index (χ0v) is 24.7. The standard InChI is InChI=1S/C31H47N3O6/c1-6-9-10-17-32-28(37)26-31-16-15-30(7-2,40-31)24(25(31)29(38)34(26)22(19-35)18-20(4)5)27(36)33-21-11-13-23(14-12-21)39-8-3/h11-14,20,22,24-26,35H,6-10,15-19H2,1-5H3,(H,32,37)(H,33,36)/t22-,24+,25+,26?,30-,31?/m1/s1. The molecule has 3 N–H and O–H groups in total. The molecule has 40 heavy (non-hydrogen) atoms. The van der Waals surface area contributed by atoms with Gasteiger partial charge in [-0.1, -0.05) is 40.5 Å². The fourth-order valence-corrected chi connectivity index (χ4v) is 7.27. The van der Waals surface area contributed by atoms with Crippen LogP contribution < -0.4 is 15.4 Å². The van der Waals surface area contributed by atoms with E-state index in [4.69, 9.17) is 9.47 Å². The molecule has 1 aromatic carbocycles. The molecule has 0 radical (unpaired) electrons. The molecule has 2 unspecified atom stereocenters. The molecule has 0 aromatic heterocycles. The zero-order valence-electron chi connectivity index (χ0n) is 24.7. The average Bonchev–Trinajstić information content (AvgIpc) is 3.54. The lowest BCUT2D eigenvalue weighted by Gasteiger charge is -2.38. The fourth-order valence-electron chi connectivity index (χ4n) is 7.27. The number of anilines is 1. The number of fused-ring (bicyclic) bond motifs is 1. The highest BCUT2D eigenvalue weighted by Crippen LogP contribution is 2.64. The number of nitrogens with one attached hydrogen (secondary N) is 2. The Bertz CT molecular complexity index is 1060. The number of unbranched alkanes of at least 4 members (excludes halogenated alkanes) is 2. The Morgan fingerprint density at radius 1 is 1.12 bits per heavy atom. The van der Waals surface area contributed by atoms with Gasteiger partial charge < -0.3 is 30.1 Å². The molecule has 3 heterocycles. The number of aliphatic hydroxyl groups excluding tert-OH is 1. The van der Waals surface area contributed by atoms with Gasteiger partial charge in [0.2, 0.25) is 17.7 Å². The van der Waals surface area contributed by atoms with E-state index in [1.54, 1.807) is 29.2 Å². The highest BCUT2D eigenvalue weighted by atomic mass is 16.5. The van der Waals surface area contributed by atoms with Crippen LogP contribution in [0.2, 0.25) is 0 Å². The Morgan fingerprint density at radius 2 is 1.85 bits per heavy atom. The molecule has 1 aromatic rings. The molecule has 3 aliphatic heterocycles. The van der Waals surface area contributed by atoms with Crippen molar-refractivity contribution < 1.29 is 29.0 Å². The maximum atomic E-state index is 14.3. The van der Waals surface area contributed by atoms with Crippen molar-refractivity contribution in [2.75, 3.05) is 25.1 Å². The van der Waals surface area contributed by atoms with E-state index in [1.807, 2.05) is 27.7 Å². The van der Waals surface area contributed by atoms with E-state index in [9.17, 15) is 19.5 Å². The van der Waals surface area contributed by atoms with Crippen LogP contribution in [-0.2, 0) is 19.1 Å². The molecule has 9 heteroatoms. The molecule has 3 fully saturated rings. The first-order chi connectivity index (χ1) is 19.2. The second-order valence-electron chi connectivity index (χ2n) is 12.0. The SMILES string of the molecule is CCCCCNC(=O)C1N([C@@H](CO)CC(C)C)C(=O)[C@@H]2[C@@H](C(=O)Nc3ccc(OCC)cc3)[C@@]3(CC)CCC12O3. The Labute approximate surface area is 238 Å². The second-order valence-corrected chi connectivity index (χ2v) is 12.0. The number of nitrogens with zero attached hydrogens (tertiary/aromatic N) is 1. The quantitative estimate of drug-likeness (QED) is 0.299. The number of aliphatic hydroxyl groups is 1. The predicted molar refractivity (Wildman–Crippen MR) is 153 cm³/mol. The number of rotatable bonds is 14. The van der Waals surface area contributed by atoms with E-state index in [1.165, 1.54) is 0 Å². The number of likely N-dealkylation sites (tertiary alicyclic amines) is 1. The third-order valence-corrected chi connectivity index (χ3v) is 9.01. The maximum Gasteiger partial charge on any atom is 0.245 e. The van der Waals surface area contributed by atoms with Gasteiger partial charge >= 0.3 is 0 Å². The normalized spacial score (nSPS) is 29.5. The molecule has 4 rings (SSSR count). The molecule has 2 bridgehead atoms. The van der Waals surface area contributed by atoms with Crippen LogP contribution in [0.3, 0.4) is 0 Å². The lowest BCUT2D eigenvalue weighted by atomic mass is 9.65. The van der Waals surface area contributed by atoms with E-state index in [0.29, 0.717) is 50.3 Å². The minimum Gasteiger partial charge on any atom is -0.494 e. The molecule has 0 aliphatic carbocycles. The Balaban J connectivity index is 1.69. The van der Waals surface area contributed by atoms with Gasteiger partial charge in [-0.15, -0.1) is 0 Å². The topological polar surface area (TPSA) is 117 Å². The van der Waals surface area contributed by atoms with Gasteiger partial charge in [0, 0.05) is 12.2 Å². The van der Waals surface area contributed by atoms with Crippen LogP contribution in [0.1, 0.15) is 79.6 Å². The first kappa shape index (κ1) is 30.3. The van der Waals surface area contributed by atoms with E-state index >= 15 is 0 Å². The van der Waals surface area contributed by atoms with Crippen LogP contribution in [0.25, 0.3) is 0 Å². The summed E-state index contributed by atoms with van der Waals surface area (Å²) in [6.07, 6.45) is 5.10. The summed E-state index contributed by atoms with van der Waals surface area (Å²) >= 11 is 0. The number of hydrogen-bond donors (Lipinski definition) is 3. The number of carbonyl (C=O) groups excluding carboxylic acids is 3. The smallest absolute Gasteiger partial charge is 0.245 e. The van der Waals surface area contributed by atoms with Gasteiger partial charge in [-0.3, -0.25) is 14.4 Å². The lowest BCUT2D eigenvalue weighted by Crippen LogP contribution is -2.58. The van der Waals surface area contributed by atoms with Crippen molar-refractivity contribution in [2.45, 2.75) is 103 Å². The highest BCUT2D eigenvalue weighted by Gasteiger charge is 2.79. The second kappa shape index (κ2) is 12.5. The monoisotopic (exact) mass is 557 g/mol. The van der Waals surface area contributed by atoms with Crippen LogP contribution in [0.4, 0.5) is 5.69 Å². The molecule has 3 amide bonds. The molecule has 0 saturated carbocycles. The molecule has 3 aliphatic rings. The van der Waals surface area contributed by atoms with Crippen molar-refractivity contribution >= 4 is 23.4 Å². The summed E-state index contributed by atoms with van der Waals surface area (Å²) in [5.41, 5.74) is -1.32. The van der Waals surface area contributed by atoms with Crippen LogP contribution >= 0.6 is 0 Å². The Kier molecular flexibility index (Phi) is 9.45. The van der Waals surface area contributed by atoms with Crippen molar-refractivity contribution in [1.82, 2.24) is 10.2 Å². The minimum absolute atomic E-state index is 0.203. The molecule has 3 saturated heterocycles. The fraction of sp³-hybridized carbons (Fsp3) is 0.710. The Morgan fingerprint density at radius 3 is 2.45 bits per heavy atom. The third-order valence-electron chi connectivity index (χ3n) is 9.01. The van der Waals surface area contributed by atoms with Crippen LogP contribution in [-0.4, -0.2) is 70.8 Å². The molecular weight excluding hydrogens is 510 g/mol. The number of carbonyl (C=O) groups is 3. The van der Waals surface area contributed by atoms with E-state index in [-0.39, 0.29) is 30.2 Å². The summed E-state index contributed by atoms with van der Waals surface area (Å²) in [6.45, 7) is 10.9. The molecule has 222 valence electrons. The Hall–Kier alpha value is -2.65. The molecular formula is C31H47N3O6. The van der Waals surface area contributed by atoms with Crippen LogP contribution in [0.5, 0.6) is 5.75 Å². The average molecular weight is 558 g/mol. The van der Waals surface area contributed by atoms with Gasteiger partial charge in [0.25, 0.3) is 0 Å². The van der Waals surface area contributed by atoms with Crippen molar-refractivity contribution in [2.24, 2.45) is 17.8 Å². The van der Waals surface area contributed by atoms with E-state index in [0.717, 1.165) is 19.3 Å².